The first-order valence-electron chi connectivity index (χ1n) is 5.53. The number of nitrogens with zero attached hydrogens (tertiary/aromatic N) is 3. The summed E-state index contributed by atoms with van der Waals surface area (Å²) in [4.78, 5) is 8.27. The van der Waals surface area contributed by atoms with Crippen LogP contribution in [0.2, 0.25) is 0 Å². The minimum atomic E-state index is 0.271. The van der Waals surface area contributed by atoms with Crippen molar-refractivity contribution in [1.29, 1.82) is 0 Å². The van der Waals surface area contributed by atoms with Crippen LogP contribution in [-0.2, 0) is 0 Å². The van der Waals surface area contributed by atoms with Crippen molar-refractivity contribution in [3.8, 4) is 0 Å². The second-order valence-corrected chi connectivity index (χ2v) is 4.24. The molecule has 0 amide bonds. The lowest BCUT2D eigenvalue weighted by Crippen LogP contribution is -2.21. The largest absolute Gasteiger partial charge is 0.369 e. The maximum Gasteiger partial charge on any atom is 0.224 e. The van der Waals surface area contributed by atoms with Crippen LogP contribution in [0.15, 0.2) is 6.20 Å². The Morgan fingerprint density at radius 1 is 1.44 bits per heavy atom. The fourth-order valence-electron chi connectivity index (χ4n) is 1.92. The Labute approximate surface area is 92.7 Å². The molecule has 0 saturated heterocycles. The van der Waals surface area contributed by atoms with Crippen LogP contribution >= 0.6 is 0 Å². The highest BCUT2D eigenvalue weighted by Gasteiger charge is 2.17. The second kappa shape index (κ2) is 3.62. The molecule has 6 nitrogen and oxygen atoms in total. The first kappa shape index (κ1) is 9.38. The summed E-state index contributed by atoms with van der Waals surface area (Å²) in [7, 11) is 0. The van der Waals surface area contributed by atoms with Gasteiger partial charge in [0.2, 0.25) is 5.95 Å². The number of rotatable bonds is 3. The molecular formula is C10H14N6. The number of anilines is 2. The lowest BCUT2D eigenvalue weighted by molar-refractivity contribution is 0.333. The predicted molar refractivity (Wildman–Crippen MR) is 61.9 cm³/mol. The molecule has 4 N–H and O–H groups in total. The molecule has 0 aromatic carbocycles. The van der Waals surface area contributed by atoms with Gasteiger partial charge in [0, 0.05) is 6.54 Å². The Hall–Kier alpha value is -1.85. The van der Waals surface area contributed by atoms with Crippen LogP contribution in [0.5, 0.6) is 0 Å². The van der Waals surface area contributed by atoms with E-state index in [-0.39, 0.29) is 5.95 Å². The van der Waals surface area contributed by atoms with E-state index in [2.05, 4.69) is 25.5 Å². The highest BCUT2D eigenvalue weighted by Crippen LogP contribution is 2.27. The third-order valence-corrected chi connectivity index (χ3v) is 3.11. The van der Waals surface area contributed by atoms with Gasteiger partial charge in [0.05, 0.1) is 11.6 Å². The van der Waals surface area contributed by atoms with Crippen molar-refractivity contribution in [1.82, 2.24) is 20.2 Å². The van der Waals surface area contributed by atoms with Crippen LogP contribution in [0.25, 0.3) is 11.0 Å². The summed E-state index contributed by atoms with van der Waals surface area (Å²) in [6, 6.07) is 0. The van der Waals surface area contributed by atoms with Crippen molar-refractivity contribution in [2.24, 2.45) is 5.92 Å². The van der Waals surface area contributed by atoms with E-state index < -0.39 is 0 Å². The lowest BCUT2D eigenvalue weighted by Gasteiger charge is -2.25. The summed E-state index contributed by atoms with van der Waals surface area (Å²) in [5.41, 5.74) is 6.31. The molecule has 0 unspecified atom stereocenters. The third kappa shape index (κ3) is 1.56. The Kier molecular flexibility index (Phi) is 2.12. The van der Waals surface area contributed by atoms with Crippen molar-refractivity contribution in [2.45, 2.75) is 19.3 Å². The molecule has 1 saturated carbocycles. The van der Waals surface area contributed by atoms with Gasteiger partial charge >= 0.3 is 0 Å². The summed E-state index contributed by atoms with van der Waals surface area (Å²) < 4.78 is 0. The van der Waals surface area contributed by atoms with Crippen molar-refractivity contribution in [3.05, 3.63) is 6.20 Å². The Morgan fingerprint density at radius 2 is 2.31 bits per heavy atom. The molecular weight excluding hydrogens is 204 g/mol. The zero-order valence-electron chi connectivity index (χ0n) is 8.90. The Morgan fingerprint density at radius 3 is 3.06 bits per heavy atom. The van der Waals surface area contributed by atoms with Crippen molar-refractivity contribution >= 4 is 22.8 Å². The number of aromatic amines is 1. The molecule has 3 rings (SSSR count). The zero-order valence-corrected chi connectivity index (χ0v) is 8.90. The summed E-state index contributed by atoms with van der Waals surface area (Å²) in [5, 5.41) is 11.0. The van der Waals surface area contributed by atoms with Crippen LogP contribution < -0.4 is 11.1 Å². The van der Waals surface area contributed by atoms with Gasteiger partial charge in [-0.05, 0) is 18.8 Å². The molecule has 0 aliphatic heterocycles. The van der Waals surface area contributed by atoms with E-state index >= 15 is 0 Å². The number of aromatic nitrogens is 4. The van der Waals surface area contributed by atoms with Gasteiger partial charge < -0.3 is 11.1 Å². The van der Waals surface area contributed by atoms with Crippen molar-refractivity contribution in [3.63, 3.8) is 0 Å². The molecule has 16 heavy (non-hydrogen) atoms. The van der Waals surface area contributed by atoms with Crippen molar-refractivity contribution in [2.75, 3.05) is 17.6 Å². The number of H-pyrrole nitrogens is 1. The van der Waals surface area contributed by atoms with Crippen LogP contribution in [0.4, 0.5) is 11.8 Å². The van der Waals surface area contributed by atoms with Crippen molar-refractivity contribution < 1.29 is 0 Å². The number of hydrogen-bond acceptors (Lipinski definition) is 5. The minimum absolute atomic E-state index is 0.271. The number of hydrogen-bond donors (Lipinski definition) is 3. The predicted octanol–water partition coefficient (Wildman–Crippen LogP) is 1.15. The third-order valence-electron chi connectivity index (χ3n) is 3.11. The monoisotopic (exact) mass is 218 g/mol. The van der Waals surface area contributed by atoms with Crippen LogP contribution in [0, 0.1) is 5.92 Å². The number of nitrogens with one attached hydrogen (secondary N) is 2. The fraction of sp³-hybridized carbons (Fsp3) is 0.500. The Bertz CT molecular complexity index is 501. The molecule has 0 atom stereocenters. The van der Waals surface area contributed by atoms with Gasteiger partial charge in [-0.2, -0.15) is 15.1 Å². The number of nitrogens with two attached hydrogens (primary N) is 1. The van der Waals surface area contributed by atoms with Crippen LogP contribution in [-0.4, -0.2) is 26.7 Å². The average molecular weight is 218 g/mol. The van der Waals surface area contributed by atoms with Gasteiger partial charge in [-0.1, -0.05) is 6.42 Å². The molecule has 0 spiro atoms. The molecule has 1 fully saturated rings. The molecule has 2 heterocycles. The maximum absolute atomic E-state index is 5.63. The SMILES string of the molecule is Nc1nc(NCC2CCC2)c2cn[nH]c2n1. The second-order valence-electron chi connectivity index (χ2n) is 4.24. The quantitative estimate of drug-likeness (QED) is 0.718. The summed E-state index contributed by atoms with van der Waals surface area (Å²) >= 11 is 0. The Balaban J connectivity index is 1.85. The fourth-order valence-corrected chi connectivity index (χ4v) is 1.92. The maximum atomic E-state index is 5.63. The van der Waals surface area contributed by atoms with E-state index in [0.717, 1.165) is 23.7 Å². The molecule has 84 valence electrons. The van der Waals surface area contributed by atoms with Gasteiger partial charge in [0.1, 0.15) is 5.82 Å². The topological polar surface area (TPSA) is 92.5 Å². The summed E-state index contributed by atoms with van der Waals surface area (Å²) in [6.07, 6.45) is 5.68. The van der Waals surface area contributed by atoms with E-state index in [1.165, 1.54) is 19.3 Å². The molecule has 2 aromatic rings. The minimum Gasteiger partial charge on any atom is -0.369 e. The van der Waals surface area contributed by atoms with Gasteiger partial charge in [-0.3, -0.25) is 5.10 Å². The van der Waals surface area contributed by atoms with E-state index in [9.17, 15) is 0 Å². The molecule has 0 bridgehead atoms. The van der Waals surface area contributed by atoms with Gasteiger partial charge in [0.25, 0.3) is 0 Å². The van der Waals surface area contributed by atoms with Gasteiger partial charge in [-0.25, -0.2) is 0 Å². The lowest BCUT2D eigenvalue weighted by atomic mass is 9.85. The molecule has 1 aliphatic carbocycles. The molecule has 1 aliphatic rings. The number of nitrogen functional groups attached to an aromatic ring is 1. The first-order valence-corrected chi connectivity index (χ1v) is 5.53. The normalized spacial score (nSPS) is 16.2. The standard InChI is InChI=1S/C10H14N6/c11-10-14-8(12-4-6-2-1-3-6)7-5-13-16-9(7)15-10/h5-6H,1-4H2,(H4,11,12,13,14,15,16). The summed E-state index contributed by atoms with van der Waals surface area (Å²) in [5.74, 6) is 1.83. The van der Waals surface area contributed by atoms with Gasteiger partial charge in [0.15, 0.2) is 5.65 Å². The van der Waals surface area contributed by atoms with E-state index in [1.807, 2.05) is 0 Å². The average Bonchev–Trinajstić information content (AvgIpc) is 2.62. The molecule has 2 aromatic heterocycles. The van der Waals surface area contributed by atoms with Crippen LogP contribution in [0.3, 0.4) is 0 Å². The molecule has 0 radical (unpaired) electrons. The van der Waals surface area contributed by atoms with E-state index in [4.69, 9.17) is 5.73 Å². The highest BCUT2D eigenvalue weighted by molar-refractivity contribution is 5.86. The summed E-state index contributed by atoms with van der Waals surface area (Å²) in [6.45, 7) is 0.955. The smallest absolute Gasteiger partial charge is 0.224 e. The first-order chi connectivity index (χ1) is 7.83. The van der Waals surface area contributed by atoms with Crippen LogP contribution in [0.1, 0.15) is 19.3 Å². The number of fused-ring (bicyclic) bond motifs is 1. The van der Waals surface area contributed by atoms with E-state index in [0.29, 0.717) is 5.65 Å². The van der Waals surface area contributed by atoms with E-state index in [1.54, 1.807) is 6.20 Å². The van der Waals surface area contributed by atoms with Gasteiger partial charge in [-0.15, -0.1) is 0 Å². The zero-order chi connectivity index (χ0) is 11.0. The molecule has 6 heteroatoms. The highest BCUT2D eigenvalue weighted by atomic mass is 15.2.